The molecule has 0 aliphatic carbocycles. The van der Waals surface area contributed by atoms with Crippen LogP contribution in [0.4, 0.5) is 0 Å². The van der Waals surface area contributed by atoms with Gasteiger partial charge in [0.1, 0.15) is 6.33 Å². The summed E-state index contributed by atoms with van der Waals surface area (Å²) in [5.41, 5.74) is 2.17. The fourth-order valence-electron chi connectivity index (χ4n) is 1.30. The molecule has 0 N–H and O–H groups in total. The van der Waals surface area contributed by atoms with Gasteiger partial charge < -0.3 is 0 Å². The number of rotatable bonds is 2. The lowest BCUT2D eigenvalue weighted by atomic mass is 9.83. The maximum absolute atomic E-state index is 4.25. The smallest absolute Gasteiger partial charge is 0.177 e. The first-order valence-electron chi connectivity index (χ1n) is 4.80. The van der Waals surface area contributed by atoms with Crippen LogP contribution in [0.15, 0.2) is 18.6 Å². The normalized spacial score (nSPS) is 12.2. The topological polar surface area (TPSA) is 43.1 Å². The second-order valence-corrected chi connectivity index (χ2v) is 4.12. The molecule has 0 atom stereocenters. The summed E-state index contributed by atoms with van der Waals surface area (Å²) < 4.78 is 1.68. The third-order valence-electron chi connectivity index (χ3n) is 2.83. The van der Waals surface area contributed by atoms with Crippen molar-refractivity contribution in [2.24, 2.45) is 0 Å². The van der Waals surface area contributed by atoms with Crippen LogP contribution in [0, 0.1) is 0 Å². The molecule has 0 spiro atoms. The zero-order chi connectivity index (χ0) is 10.2. The van der Waals surface area contributed by atoms with Crippen molar-refractivity contribution >= 4 is 5.65 Å². The first-order chi connectivity index (χ1) is 6.63. The Labute approximate surface area is 83.0 Å². The van der Waals surface area contributed by atoms with Crippen molar-refractivity contribution in [1.29, 1.82) is 0 Å². The molecule has 2 rings (SSSR count). The fraction of sp³-hybridized carbons (Fsp3) is 0.500. The Bertz CT molecular complexity index is 444. The summed E-state index contributed by atoms with van der Waals surface area (Å²) in [6.45, 7) is 6.59. The number of fused-ring (bicyclic) bond motifs is 1. The Morgan fingerprint density at radius 2 is 2.21 bits per heavy atom. The molecular weight excluding hydrogens is 176 g/mol. The number of hydrogen-bond acceptors (Lipinski definition) is 3. The zero-order valence-electron chi connectivity index (χ0n) is 8.73. The average molecular weight is 190 g/mol. The third-order valence-corrected chi connectivity index (χ3v) is 2.83. The molecule has 0 saturated carbocycles. The van der Waals surface area contributed by atoms with Crippen LogP contribution >= 0.6 is 0 Å². The summed E-state index contributed by atoms with van der Waals surface area (Å²) in [5, 5.41) is 12.0. The van der Waals surface area contributed by atoms with Crippen molar-refractivity contribution in [3.8, 4) is 0 Å². The highest BCUT2D eigenvalue weighted by atomic mass is 15.3. The molecule has 4 heteroatoms. The highest BCUT2D eigenvalue weighted by Gasteiger charge is 2.19. The van der Waals surface area contributed by atoms with Gasteiger partial charge in [0, 0.05) is 0 Å². The van der Waals surface area contributed by atoms with Crippen molar-refractivity contribution in [3.05, 3.63) is 24.2 Å². The molecule has 0 amide bonds. The molecule has 4 nitrogen and oxygen atoms in total. The SMILES string of the molecule is CCC(C)(C)c1cnn2cnnc2c1. The first-order valence-corrected chi connectivity index (χ1v) is 4.80. The molecule has 0 radical (unpaired) electrons. The minimum absolute atomic E-state index is 0.153. The quantitative estimate of drug-likeness (QED) is 0.725. The summed E-state index contributed by atoms with van der Waals surface area (Å²) in [6, 6.07) is 2.05. The molecule has 2 heterocycles. The lowest BCUT2D eigenvalue weighted by Crippen LogP contribution is -2.16. The highest BCUT2D eigenvalue weighted by molar-refractivity contribution is 5.39. The molecule has 74 valence electrons. The Morgan fingerprint density at radius 1 is 1.43 bits per heavy atom. The van der Waals surface area contributed by atoms with Crippen LogP contribution in [-0.2, 0) is 5.41 Å². The van der Waals surface area contributed by atoms with Gasteiger partial charge in [0.15, 0.2) is 5.65 Å². The van der Waals surface area contributed by atoms with E-state index in [4.69, 9.17) is 0 Å². The monoisotopic (exact) mass is 190 g/mol. The Balaban J connectivity index is 2.53. The van der Waals surface area contributed by atoms with Gasteiger partial charge in [0.2, 0.25) is 0 Å². The van der Waals surface area contributed by atoms with Crippen LogP contribution in [0.25, 0.3) is 5.65 Å². The van der Waals surface area contributed by atoms with Gasteiger partial charge in [-0.15, -0.1) is 10.2 Å². The molecule has 2 aromatic heterocycles. The number of hydrogen-bond donors (Lipinski definition) is 0. The van der Waals surface area contributed by atoms with Crippen LogP contribution in [0.1, 0.15) is 32.8 Å². The number of nitrogens with zero attached hydrogens (tertiary/aromatic N) is 4. The summed E-state index contributed by atoms with van der Waals surface area (Å²) >= 11 is 0. The van der Waals surface area contributed by atoms with E-state index in [9.17, 15) is 0 Å². The van der Waals surface area contributed by atoms with Crippen LogP contribution in [-0.4, -0.2) is 19.8 Å². The summed E-state index contributed by atoms with van der Waals surface area (Å²) in [4.78, 5) is 0. The van der Waals surface area contributed by atoms with Gasteiger partial charge in [0.05, 0.1) is 6.20 Å². The van der Waals surface area contributed by atoms with Crippen LogP contribution in [0.5, 0.6) is 0 Å². The predicted molar refractivity (Wildman–Crippen MR) is 54.1 cm³/mol. The first kappa shape index (κ1) is 9.12. The molecule has 0 aliphatic rings. The van der Waals surface area contributed by atoms with Crippen molar-refractivity contribution in [2.45, 2.75) is 32.6 Å². The minimum atomic E-state index is 0.153. The van der Waals surface area contributed by atoms with E-state index in [1.54, 1.807) is 10.8 Å². The molecule has 2 aromatic rings. The van der Waals surface area contributed by atoms with Crippen LogP contribution in [0.3, 0.4) is 0 Å². The average Bonchev–Trinajstić information content (AvgIpc) is 2.64. The van der Waals surface area contributed by atoms with Gasteiger partial charge in [0.25, 0.3) is 0 Å². The summed E-state index contributed by atoms with van der Waals surface area (Å²) in [6.07, 6.45) is 4.58. The molecule has 0 saturated heterocycles. The van der Waals surface area contributed by atoms with Crippen molar-refractivity contribution in [1.82, 2.24) is 19.8 Å². The van der Waals surface area contributed by atoms with E-state index in [1.165, 1.54) is 5.56 Å². The Kier molecular flexibility index (Phi) is 1.98. The van der Waals surface area contributed by atoms with Gasteiger partial charge >= 0.3 is 0 Å². The van der Waals surface area contributed by atoms with E-state index >= 15 is 0 Å². The van der Waals surface area contributed by atoms with E-state index in [0.29, 0.717) is 0 Å². The minimum Gasteiger partial charge on any atom is -0.201 e. The largest absolute Gasteiger partial charge is 0.201 e. The molecular formula is C10H14N4. The fourth-order valence-corrected chi connectivity index (χ4v) is 1.30. The maximum Gasteiger partial charge on any atom is 0.177 e. The third kappa shape index (κ3) is 1.36. The zero-order valence-corrected chi connectivity index (χ0v) is 8.73. The molecule has 14 heavy (non-hydrogen) atoms. The van der Waals surface area contributed by atoms with E-state index in [0.717, 1.165) is 12.1 Å². The van der Waals surface area contributed by atoms with E-state index in [-0.39, 0.29) is 5.41 Å². The van der Waals surface area contributed by atoms with Gasteiger partial charge in [-0.2, -0.15) is 5.10 Å². The second-order valence-electron chi connectivity index (χ2n) is 4.12. The van der Waals surface area contributed by atoms with Crippen LogP contribution < -0.4 is 0 Å². The van der Waals surface area contributed by atoms with Gasteiger partial charge in [-0.05, 0) is 23.5 Å². The maximum atomic E-state index is 4.25. The Morgan fingerprint density at radius 3 is 2.93 bits per heavy atom. The van der Waals surface area contributed by atoms with Gasteiger partial charge in [-0.1, -0.05) is 20.8 Å². The van der Waals surface area contributed by atoms with Crippen molar-refractivity contribution in [3.63, 3.8) is 0 Å². The molecule has 0 aliphatic heterocycles. The van der Waals surface area contributed by atoms with E-state index in [1.807, 2.05) is 12.3 Å². The molecule has 0 aromatic carbocycles. The Hall–Kier alpha value is -1.45. The highest BCUT2D eigenvalue weighted by Crippen LogP contribution is 2.26. The summed E-state index contributed by atoms with van der Waals surface area (Å²) in [7, 11) is 0. The van der Waals surface area contributed by atoms with Crippen molar-refractivity contribution < 1.29 is 0 Å². The lowest BCUT2D eigenvalue weighted by molar-refractivity contribution is 0.503. The standard InChI is InChI=1S/C10H14N4/c1-4-10(2,3)8-5-9-13-11-7-14(9)12-6-8/h5-7H,4H2,1-3H3. The molecule has 0 unspecified atom stereocenters. The summed E-state index contributed by atoms with van der Waals surface area (Å²) in [5.74, 6) is 0. The predicted octanol–water partition coefficient (Wildman–Crippen LogP) is 1.81. The van der Waals surface area contributed by atoms with Crippen molar-refractivity contribution in [2.75, 3.05) is 0 Å². The number of aromatic nitrogens is 4. The van der Waals surface area contributed by atoms with Gasteiger partial charge in [-0.3, -0.25) is 0 Å². The lowest BCUT2D eigenvalue weighted by Gasteiger charge is -2.22. The molecule has 0 fully saturated rings. The van der Waals surface area contributed by atoms with E-state index in [2.05, 4.69) is 36.1 Å². The second kappa shape index (κ2) is 3.04. The molecule has 0 bridgehead atoms. The van der Waals surface area contributed by atoms with E-state index < -0.39 is 0 Å². The van der Waals surface area contributed by atoms with Crippen LogP contribution in [0.2, 0.25) is 0 Å². The van der Waals surface area contributed by atoms with Gasteiger partial charge in [-0.25, -0.2) is 4.52 Å².